The van der Waals surface area contributed by atoms with Crippen LogP contribution in [0.15, 0.2) is 12.4 Å². The van der Waals surface area contributed by atoms with Crippen molar-refractivity contribution >= 4 is 11.9 Å². The fourth-order valence-corrected chi connectivity index (χ4v) is 2.46. The molecule has 0 atom stereocenters. The summed E-state index contributed by atoms with van der Waals surface area (Å²) in [6.45, 7) is 6.94. The summed E-state index contributed by atoms with van der Waals surface area (Å²) in [6.07, 6.45) is 8.99. The van der Waals surface area contributed by atoms with Crippen LogP contribution in [0.4, 0.5) is 5.95 Å². The summed E-state index contributed by atoms with van der Waals surface area (Å²) in [5, 5.41) is 3.18. The number of nitrogens with one attached hydrogen (secondary N) is 1. The zero-order valence-corrected chi connectivity index (χ0v) is 13.1. The zero-order chi connectivity index (χ0) is 15.1. The molecule has 1 fully saturated rings. The molecule has 1 saturated heterocycles. The van der Waals surface area contributed by atoms with Crippen molar-refractivity contribution in [3.05, 3.63) is 18.0 Å². The molecule has 1 aromatic heterocycles. The number of nitrogens with zero attached hydrogens (tertiary/aromatic N) is 3. The molecule has 2 heterocycles. The predicted octanol–water partition coefficient (Wildman–Crippen LogP) is 2.95. The smallest absolute Gasteiger partial charge is 0.256 e. The number of carbonyl (C=O) groups is 1. The van der Waals surface area contributed by atoms with Gasteiger partial charge in [0, 0.05) is 32.0 Å². The van der Waals surface area contributed by atoms with Crippen LogP contribution in [0.25, 0.3) is 0 Å². The van der Waals surface area contributed by atoms with Crippen molar-refractivity contribution in [2.45, 2.75) is 46.0 Å². The zero-order valence-electron chi connectivity index (χ0n) is 13.1. The first-order valence-electron chi connectivity index (χ1n) is 8.02. The number of amides is 1. The van der Waals surface area contributed by atoms with E-state index in [-0.39, 0.29) is 5.91 Å². The molecule has 1 aliphatic heterocycles. The lowest BCUT2D eigenvalue weighted by molar-refractivity contribution is 0.0761. The Bertz CT molecular complexity index is 436. The average molecular weight is 290 g/mol. The minimum absolute atomic E-state index is 0.0608. The van der Waals surface area contributed by atoms with Gasteiger partial charge in [-0.1, -0.05) is 26.7 Å². The van der Waals surface area contributed by atoms with E-state index in [1.807, 2.05) is 4.90 Å². The molecule has 0 aromatic carbocycles. The van der Waals surface area contributed by atoms with Gasteiger partial charge in [-0.3, -0.25) is 4.79 Å². The van der Waals surface area contributed by atoms with Crippen molar-refractivity contribution in [1.82, 2.24) is 14.9 Å². The van der Waals surface area contributed by atoms with Crippen LogP contribution in [-0.4, -0.2) is 40.4 Å². The summed E-state index contributed by atoms with van der Waals surface area (Å²) in [7, 11) is 0. The van der Waals surface area contributed by atoms with Crippen LogP contribution in [0, 0.1) is 5.92 Å². The van der Waals surface area contributed by atoms with E-state index < -0.39 is 0 Å². The number of anilines is 1. The fourth-order valence-electron chi connectivity index (χ4n) is 2.46. The highest BCUT2D eigenvalue weighted by Gasteiger charge is 2.17. The molecule has 1 N–H and O–H groups in total. The lowest BCUT2D eigenvalue weighted by Crippen LogP contribution is -2.32. The van der Waals surface area contributed by atoms with Crippen molar-refractivity contribution in [2.24, 2.45) is 5.92 Å². The van der Waals surface area contributed by atoms with Crippen LogP contribution < -0.4 is 5.32 Å². The molecular formula is C16H26N4O. The van der Waals surface area contributed by atoms with Gasteiger partial charge in [0.2, 0.25) is 5.95 Å². The second kappa shape index (κ2) is 7.96. The predicted molar refractivity (Wildman–Crippen MR) is 84.3 cm³/mol. The lowest BCUT2D eigenvalue weighted by Gasteiger charge is -2.19. The molecule has 116 valence electrons. The quantitative estimate of drug-likeness (QED) is 0.906. The number of hydrogen-bond acceptors (Lipinski definition) is 4. The molecule has 1 aliphatic rings. The molecule has 0 aliphatic carbocycles. The van der Waals surface area contributed by atoms with Crippen LogP contribution in [0.5, 0.6) is 0 Å². The number of likely N-dealkylation sites (tertiary alicyclic amines) is 1. The highest BCUT2D eigenvalue weighted by molar-refractivity contribution is 5.93. The first kappa shape index (κ1) is 15.7. The van der Waals surface area contributed by atoms with Crippen molar-refractivity contribution in [3.63, 3.8) is 0 Å². The summed E-state index contributed by atoms with van der Waals surface area (Å²) in [6, 6.07) is 0. The highest BCUT2D eigenvalue weighted by atomic mass is 16.2. The molecule has 0 radical (unpaired) electrons. The topological polar surface area (TPSA) is 58.1 Å². The summed E-state index contributed by atoms with van der Waals surface area (Å²) in [4.78, 5) is 22.8. The Morgan fingerprint density at radius 2 is 1.81 bits per heavy atom. The van der Waals surface area contributed by atoms with Gasteiger partial charge in [-0.05, 0) is 25.2 Å². The van der Waals surface area contributed by atoms with Crippen molar-refractivity contribution in [1.29, 1.82) is 0 Å². The number of carbonyl (C=O) groups excluding carboxylic acids is 1. The number of rotatable bonds is 5. The third-order valence-corrected chi connectivity index (χ3v) is 3.80. The van der Waals surface area contributed by atoms with Gasteiger partial charge in [-0.2, -0.15) is 0 Å². The first-order chi connectivity index (χ1) is 10.2. The Morgan fingerprint density at radius 1 is 1.19 bits per heavy atom. The van der Waals surface area contributed by atoms with Gasteiger partial charge in [0.05, 0.1) is 5.56 Å². The van der Waals surface area contributed by atoms with Gasteiger partial charge >= 0.3 is 0 Å². The van der Waals surface area contributed by atoms with E-state index in [1.165, 1.54) is 12.8 Å². The standard InChI is InChI=1S/C16H26N4O/c1-13(2)7-8-17-16-18-11-14(12-19-16)15(21)20-9-5-3-4-6-10-20/h11-13H,3-10H2,1-2H3,(H,17,18,19). The van der Waals surface area contributed by atoms with Crippen LogP contribution in [0.2, 0.25) is 0 Å². The van der Waals surface area contributed by atoms with E-state index in [9.17, 15) is 4.79 Å². The Morgan fingerprint density at radius 3 is 2.38 bits per heavy atom. The largest absolute Gasteiger partial charge is 0.354 e. The summed E-state index contributed by atoms with van der Waals surface area (Å²) in [5.41, 5.74) is 0.589. The first-order valence-corrected chi connectivity index (χ1v) is 8.02. The molecule has 2 rings (SSSR count). The minimum atomic E-state index is 0.0608. The maximum absolute atomic E-state index is 12.4. The van der Waals surface area contributed by atoms with Gasteiger partial charge in [0.1, 0.15) is 0 Å². The molecule has 1 amide bonds. The van der Waals surface area contributed by atoms with Crippen LogP contribution in [-0.2, 0) is 0 Å². The molecule has 1 aromatic rings. The summed E-state index contributed by atoms with van der Waals surface area (Å²) >= 11 is 0. The van der Waals surface area contributed by atoms with E-state index >= 15 is 0 Å². The monoisotopic (exact) mass is 290 g/mol. The minimum Gasteiger partial charge on any atom is -0.354 e. The average Bonchev–Trinajstić information content (AvgIpc) is 2.76. The number of hydrogen-bond donors (Lipinski definition) is 1. The van der Waals surface area contributed by atoms with E-state index in [1.54, 1.807) is 12.4 Å². The molecule has 0 unspecified atom stereocenters. The Labute approximate surface area is 127 Å². The second-order valence-corrected chi connectivity index (χ2v) is 6.11. The van der Waals surface area contributed by atoms with Gasteiger partial charge in [-0.25, -0.2) is 9.97 Å². The van der Waals surface area contributed by atoms with Crippen molar-refractivity contribution < 1.29 is 4.79 Å². The van der Waals surface area contributed by atoms with Crippen LogP contribution in [0.3, 0.4) is 0 Å². The number of aromatic nitrogens is 2. The van der Waals surface area contributed by atoms with E-state index in [4.69, 9.17) is 0 Å². The van der Waals surface area contributed by atoms with Gasteiger partial charge in [-0.15, -0.1) is 0 Å². The Hall–Kier alpha value is -1.65. The molecule has 0 bridgehead atoms. The lowest BCUT2D eigenvalue weighted by atomic mass is 10.1. The van der Waals surface area contributed by atoms with E-state index in [0.29, 0.717) is 17.4 Å². The highest BCUT2D eigenvalue weighted by Crippen LogP contribution is 2.13. The SMILES string of the molecule is CC(C)CCNc1ncc(C(=O)N2CCCCCC2)cn1. The molecule has 0 spiro atoms. The van der Waals surface area contributed by atoms with Gasteiger partial charge < -0.3 is 10.2 Å². The molecule has 21 heavy (non-hydrogen) atoms. The normalized spacial score (nSPS) is 15.9. The third kappa shape index (κ3) is 4.99. The fraction of sp³-hybridized carbons (Fsp3) is 0.688. The summed E-state index contributed by atoms with van der Waals surface area (Å²) in [5.74, 6) is 1.31. The van der Waals surface area contributed by atoms with E-state index in [0.717, 1.165) is 38.9 Å². The van der Waals surface area contributed by atoms with Crippen LogP contribution >= 0.6 is 0 Å². The Balaban J connectivity index is 1.89. The molecular weight excluding hydrogens is 264 g/mol. The maximum Gasteiger partial charge on any atom is 0.256 e. The molecule has 5 nitrogen and oxygen atoms in total. The summed E-state index contributed by atoms with van der Waals surface area (Å²) < 4.78 is 0. The third-order valence-electron chi connectivity index (χ3n) is 3.80. The molecule has 0 saturated carbocycles. The van der Waals surface area contributed by atoms with E-state index in [2.05, 4.69) is 29.1 Å². The second-order valence-electron chi connectivity index (χ2n) is 6.11. The van der Waals surface area contributed by atoms with Crippen molar-refractivity contribution in [3.8, 4) is 0 Å². The van der Waals surface area contributed by atoms with Gasteiger partial charge in [0.25, 0.3) is 5.91 Å². The Kier molecular flexibility index (Phi) is 5.96. The van der Waals surface area contributed by atoms with Crippen molar-refractivity contribution in [2.75, 3.05) is 25.0 Å². The van der Waals surface area contributed by atoms with Gasteiger partial charge in [0.15, 0.2) is 0 Å². The van der Waals surface area contributed by atoms with Crippen LogP contribution in [0.1, 0.15) is 56.3 Å². The molecule has 5 heteroatoms. The maximum atomic E-state index is 12.4.